The van der Waals surface area contributed by atoms with Crippen LogP contribution in [0.4, 0.5) is 14.5 Å². The number of hydrogen-bond donors (Lipinski definition) is 0. The molecule has 2 rings (SSSR count). The summed E-state index contributed by atoms with van der Waals surface area (Å²) in [4.78, 5) is 35.4. The fourth-order valence-electron chi connectivity index (χ4n) is 2.16. The second kappa shape index (κ2) is 8.19. The van der Waals surface area contributed by atoms with Gasteiger partial charge in [-0.2, -0.15) is 8.78 Å². The lowest BCUT2D eigenvalue weighted by atomic mass is 10.2. The third-order valence-electron chi connectivity index (χ3n) is 3.48. The first-order chi connectivity index (χ1) is 12.3. The van der Waals surface area contributed by atoms with Gasteiger partial charge in [0.15, 0.2) is 0 Å². The lowest BCUT2D eigenvalue weighted by Gasteiger charge is -2.18. The molecule has 2 aromatic rings. The summed E-state index contributed by atoms with van der Waals surface area (Å²) < 4.78 is 29.4. The number of carbonyl (C=O) groups excluding carboxylic acids is 1. The molecular formula is C16H15F2N3O5. The van der Waals surface area contributed by atoms with E-state index in [0.717, 1.165) is 22.9 Å². The highest BCUT2D eigenvalue weighted by atomic mass is 19.3. The molecule has 1 heterocycles. The van der Waals surface area contributed by atoms with Gasteiger partial charge in [0.1, 0.15) is 12.3 Å². The Labute approximate surface area is 146 Å². The van der Waals surface area contributed by atoms with Gasteiger partial charge >= 0.3 is 6.61 Å². The largest absolute Gasteiger partial charge is 0.435 e. The molecule has 8 nitrogen and oxygen atoms in total. The molecule has 26 heavy (non-hydrogen) atoms. The van der Waals surface area contributed by atoms with Crippen LogP contribution in [0, 0.1) is 10.1 Å². The maximum atomic E-state index is 12.2. The standard InChI is InChI=1S/C16H15F2N3O5/c1-19(8-11-2-5-13(6-3-11)26-16(17)18)15(23)10-20-9-12(21(24)25)4-7-14(20)22/h2-7,9,16H,8,10H2,1H3. The molecular weight excluding hydrogens is 352 g/mol. The maximum absolute atomic E-state index is 12.2. The lowest BCUT2D eigenvalue weighted by Crippen LogP contribution is -2.33. The predicted octanol–water partition coefficient (Wildman–Crippen LogP) is 2.02. The van der Waals surface area contributed by atoms with Gasteiger partial charge in [-0.15, -0.1) is 0 Å². The van der Waals surface area contributed by atoms with Crippen LogP contribution >= 0.6 is 0 Å². The van der Waals surface area contributed by atoms with E-state index < -0.39 is 23.0 Å². The van der Waals surface area contributed by atoms with E-state index in [0.29, 0.717) is 5.56 Å². The third-order valence-corrected chi connectivity index (χ3v) is 3.48. The number of hydrogen-bond acceptors (Lipinski definition) is 5. The molecule has 0 aliphatic carbocycles. The first kappa shape index (κ1) is 19.0. The van der Waals surface area contributed by atoms with Crippen LogP contribution in [0.1, 0.15) is 5.56 Å². The van der Waals surface area contributed by atoms with Crippen molar-refractivity contribution in [1.29, 1.82) is 0 Å². The fraction of sp³-hybridized carbons (Fsp3) is 0.250. The molecule has 0 fully saturated rings. The molecule has 1 amide bonds. The SMILES string of the molecule is CN(Cc1ccc(OC(F)F)cc1)C(=O)Cn1cc([N+](=O)[O-])ccc1=O. The number of carbonyl (C=O) groups is 1. The minimum absolute atomic E-state index is 0.000812. The molecule has 0 atom stereocenters. The van der Waals surface area contributed by atoms with E-state index in [1.54, 1.807) is 0 Å². The van der Waals surface area contributed by atoms with Gasteiger partial charge in [-0.1, -0.05) is 12.1 Å². The summed E-state index contributed by atoms with van der Waals surface area (Å²) in [6.07, 6.45) is 1.00. The fourth-order valence-corrected chi connectivity index (χ4v) is 2.16. The zero-order valence-corrected chi connectivity index (χ0v) is 13.7. The molecule has 0 saturated heterocycles. The van der Waals surface area contributed by atoms with Crippen molar-refractivity contribution in [3.8, 4) is 5.75 Å². The van der Waals surface area contributed by atoms with Gasteiger partial charge < -0.3 is 9.64 Å². The lowest BCUT2D eigenvalue weighted by molar-refractivity contribution is -0.385. The number of nitro groups is 1. The van der Waals surface area contributed by atoms with Crippen LogP contribution in [0.15, 0.2) is 47.4 Å². The van der Waals surface area contributed by atoms with Crippen LogP contribution in [-0.4, -0.2) is 34.0 Å². The van der Waals surface area contributed by atoms with Crippen molar-refractivity contribution in [2.24, 2.45) is 0 Å². The number of nitrogens with zero attached hydrogens (tertiary/aromatic N) is 3. The predicted molar refractivity (Wildman–Crippen MR) is 86.9 cm³/mol. The highest BCUT2D eigenvalue weighted by Crippen LogP contribution is 2.16. The zero-order chi connectivity index (χ0) is 19.3. The Morgan fingerprint density at radius 2 is 1.92 bits per heavy atom. The average molecular weight is 367 g/mol. The molecule has 0 spiro atoms. The Kier molecular flexibility index (Phi) is 5.99. The van der Waals surface area contributed by atoms with Crippen molar-refractivity contribution in [2.75, 3.05) is 7.05 Å². The van der Waals surface area contributed by atoms with Crippen molar-refractivity contribution in [3.63, 3.8) is 0 Å². The molecule has 0 aliphatic heterocycles. The molecule has 1 aromatic carbocycles. The van der Waals surface area contributed by atoms with E-state index in [4.69, 9.17) is 0 Å². The van der Waals surface area contributed by atoms with Crippen LogP contribution in [0.25, 0.3) is 0 Å². The number of pyridine rings is 1. The van der Waals surface area contributed by atoms with E-state index in [2.05, 4.69) is 4.74 Å². The van der Waals surface area contributed by atoms with Crippen LogP contribution in [-0.2, 0) is 17.9 Å². The molecule has 0 bridgehead atoms. The summed E-state index contributed by atoms with van der Waals surface area (Å²) in [5.41, 5.74) is -0.172. The molecule has 1 aromatic heterocycles. The molecule has 0 aliphatic rings. The summed E-state index contributed by atoms with van der Waals surface area (Å²) in [7, 11) is 1.49. The Bertz CT molecular complexity index is 852. The number of rotatable bonds is 7. The third kappa shape index (κ3) is 5.10. The summed E-state index contributed by atoms with van der Waals surface area (Å²) in [5.74, 6) is -0.443. The Morgan fingerprint density at radius 3 is 2.50 bits per heavy atom. The van der Waals surface area contributed by atoms with E-state index in [1.807, 2.05) is 0 Å². The van der Waals surface area contributed by atoms with Crippen molar-refractivity contribution in [2.45, 2.75) is 19.7 Å². The van der Waals surface area contributed by atoms with Gasteiger partial charge in [-0.05, 0) is 17.7 Å². The summed E-state index contributed by atoms with van der Waals surface area (Å²) in [6, 6.07) is 7.85. The van der Waals surface area contributed by atoms with Gasteiger partial charge in [0.25, 0.3) is 11.2 Å². The van der Waals surface area contributed by atoms with Gasteiger partial charge in [0.05, 0.1) is 11.1 Å². The first-order valence-electron chi connectivity index (χ1n) is 7.39. The van der Waals surface area contributed by atoms with E-state index >= 15 is 0 Å². The van der Waals surface area contributed by atoms with Gasteiger partial charge in [0, 0.05) is 25.7 Å². The molecule has 10 heteroatoms. The Hall–Kier alpha value is -3.30. The van der Waals surface area contributed by atoms with Crippen molar-refractivity contribution in [1.82, 2.24) is 9.47 Å². The highest BCUT2D eigenvalue weighted by molar-refractivity contribution is 5.75. The molecule has 0 unspecified atom stereocenters. The van der Waals surface area contributed by atoms with Crippen LogP contribution in [0.2, 0.25) is 0 Å². The molecule has 0 radical (unpaired) electrons. The molecule has 0 saturated carbocycles. The quantitative estimate of drug-likeness (QED) is 0.551. The molecule has 138 valence electrons. The Morgan fingerprint density at radius 1 is 1.27 bits per heavy atom. The summed E-state index contributed by atoms with van der Waals surface area (Å²) in [6.45, 7) is -3.11. The second-order valence-electron chi connectivity index (χ2n) is 5.38. The second-order valence-corrected chi connectivity index (χ2v) is 5.38. The normalized spacial score (nSPS) is 10.6. The molecule has 0 N–H and O–H groups in total. The van der Waals surface area contributed by atoms with Gasteiger partial charge in [0.2, 0.25) is 5.91 Å². The van der Waals surface area contributed by atoms with Crippen LogP contribution in [0.3, 0.4) is 0 Å². The summed E-state index contributed by atoms with van der Waals surface area (Å²) >= 11 is 0. The van der Waals surface area contributed by atoms with E-state index in [9.17, 15) is 28.5 Å². The topological polar surface area (TPSA) is 94.7 Å². The van der Waals surface area contributed by atoms with Crippen LogP contribution in [0.5, 0.6) is 5.75 Å². The van der Waals surface area contributed by atoms with Crippen molar-refractivity contribution >= 4 is 11.6 Å². The number of benzene rings is 1. The Balaban J connectivity index is 2.02. The van der Waals surface area contributed by atoms with Crippen LogP contribution < -0.4 is 10.3 Å². The van der Waals surface area contributed by atoms with Crippen molar-refractivity contribution in [3.05, 3.63) is 68.6 Å². The average Bonchev–Trinajstić information content (AvgIpc) is 2.57. The smallest absolute Gasteiger partial charge is 0.387 e. The minimum Gasteiger partial charge on any atom is -0.435 e. The minimum atomic E-state index is -2.92. The number of likely N-dealkylation sites (N-methyl/N-ethyl adjacent to an activating group) is 1. The monoisotopic (exact) mass is 367 g/mol. The van der Waals surface area contributed by atoms with E-state index in [1.165, 1.54) is 36.2 Å². The number of halogens is 2. The first-order valence-corrected chi connectivity index (χ1v) is 7.39. The van der Waals surface area contributed by atoms with Crippen molar-refractivity contribution < 1.29 is 23.2 Å². The van der Waals surface area contributed by atoms with E-state index in [-0.39, 0.29) is 24.5 Å². The number of amides is 1. The summed E-state index contributed by atoms with van der Waals surface area (Å²) in [5, 5.41) is 10.8. The highest BCUT2D eigenvalue weighted by Gasteiger charge is 2.14. The van der Waals surface area contributed by atoms with Gasteiger partial charge in [-0.25, -0.2) is 0 Å². The van der Waals surface area contributed by atoms with Gasteiger partial charge in [-0.3, -0.25) is 24.3 Å². The maximum Gasteiger partial charge on any atom is 0.387 e. The zero-order valence-electron chi connectivity index (χ0n) is 13.7. The number of ether oxygens (including phenoxy) is 1. The number of alkyl halides is 2. The number of aromatic nitrogens is 1.